The van der Waals surface area contributed by atoms with Crippen molar-refractivity contribution in [3.05, 3.63) is 58.3 Å². The van der Waals surface area contributed by atoms with Gasteiger partial charge >= 0.3 is 0 Å². The van der Waals surface area contributed by atoms with Gasteiger partial charge in [-0.1, -0.05) is 34.1 Å². The molecule has 0 aliphatic rings. The van der Waals surface area contributed by atoms with Crippen LogP contribution in [0.1, 0.15) is 17.2 Å². The zero-order valence-corrected chi connectivity index (χ0v) is 12.6. The lowest BCUT2D eigenvalue weighted by molar-refractivity contribution is 0.399. The van der Waals surface area contributed by atoms with E-state index in [0.29, 0.717) is 0 Å². The van der Waals surface area contributed by atoms with Crippen LogP contribution in [-0.4, -0.2) is 19.1 Å². The van der Waals surface area contributed by atoms with Crippen LogP contribution < -0.4 is 10.1 Å². The zero-order valence-electron chi connectivity index (χ0n) is 11.1. The standard InChI is InChI=1S/C15H17BrN2O/c1-17-14(9-11-5-3-4-6-13(11)16)12-7-8-18-10-15(12)19-2/h3-8,10,14,17H,9H2,1-2H3. The Morgan fingerprint density at radius 3 is 2.79 bits per heavy atom. The largest absolute Gasteiger partial charge is 0.495 e. The molecule has 0 fully saturated rings. The first kappa shape index (κ1) is 14.0. The number of methoxy groups -OCH3 is 1. The van der Waals surface area contributed by atoms with Crippen molar-refractivity contribution in [2.24, 2.45) is 0 Å². The van der Waals surface area contributed by atoms with Gasteiger partial charge in [-0.25, -0.2) is 0 Å². The average molecular weight is 321 g/mol. The summed E-state index contributed by atoms with van der Waals surface area (Å²) in [6, 6.07) is 10.5. The van der Waals surface area contributed by atoms with E-state index in [9.17, 15) is 0 Å². The third-order valence-corrected chi connectivity index (χ3v) is 3.92. The molecule has 0 spiro atoms. The minimum absolute atomic E-state index is 0.191. The van der Waals surface area contributed by atoms with Gasteiger partial charge in [0.15, 0.2) is 0 Å². The van der Waals surface area contributed by atoms with Crippen LogP contribution in [0.5, 0.6) is 5.75 Å². The van der Waals surface area contributed by atoms with Crippen LogP contribution in [0.3, 0.4) is 0 Å². The first-order valence-electron chi connectivity index (χ1n) is 6.14. The molecule has 3 nitrogen and oxygen atoms in total. The van der Waals surface area contributed by atoms with E-state index in [1.54, 1.807) is 19.5 Å². The van der Waals surface area contributed by atoms with Gasteiger partial charge in [0, 0.05) is 22.3 Å². The highest BCUT2D eigenvalue weighted by molar-refractivity contribution is 9.10. The van der Waals surface area contributed by atoms with Crippen molar-refractivity contribution in [1.82, 2.24) is 10.3 Å². The van der Waals surface area contributed by atoms with Crippen LogP contribution >= 0.6 is 15.9 Å². The maximum Gasteiger partial charge on any atom is 0.141 e. The molecular formula is C15H17BrN2O. The first-order valence-corrected chi connectivity index (χ1v) is 6.94. The van der Waals surface area contributed by atoms with Crippen molar-refractivity contribution in [2.45, 2.75) is 12.5 Å². The van der Waals surface area contributed by atoms with E-state index in [-0.39, 0.29) is 6.04 Å². The lowest BCUT2D eigenvalue weighted by Gasteiger charge is -2.19. The molecular weight excluding hydrogens is 304 g/mol. The quantitative estimate of drug-likeness (QED) is 0.917. The summed E-state index contributed by atoms with van der Waals surface area (Å²) < 4.78 is 6.51. The van der Waals surface area contributed by atoms with Crippen LogP contribution in [0.2, 0.25) is 0 Å². The molecule has 1 N–H and O–H groups in total. The van der Waals surface area contributed by atoms with Gasteiger partial charge in [-0.3, -0.25) is 4.98 Å². The van der Waals surface area contributed by atoms with Gasteiger partial charge in [0.1, 0.15) is 5.75 Å². The number of likely N-dealkylation sites (N-methyl/N-ethyl adjacent to an activating group) is 1. The fourth-order valence-corrected chi connectivity index (χ4v) is 2.55. The van der Waals surface area contributed by atoms with Crippen molar-refractivity contribution in [3.8, 4) is 5.75 Å². The molecule has 0 amide bonds. The topological polar surface area (TPSA) is 34.2 Å². The van der Waals surface area contributed by atoms with Crippen molar-refractivity contribution in [3.63, 3.8) is 0 Å². The molecule has 4 heteroatoms. The SMILES string of the molecule is CNC(Cc1ccccc1Br)c1ccncc1OC. The lowest BCUT2D eigenvalue weighted by Crippen LogP contribution is -2.19. The number of halogens is 1. The normalized spacial score (nSPS) is 12.2. The van der Waals surface area contributed by atoms with Crippen molar-refractivity contribution in [1.29, 1.82) is 0 Å². The molecule has 1 aromatic carbocycles. The zero-order chi connectivity index (χ0) is 13.7. The minimum Gasteiger partial charge on any atom is -0.495 e. The van der Waals surface area contributed by atoms with E-state index in [1.165, 1.54) is 5.56 Å². The Morgan fingerprint density at radius 2 is 2.11 bits per heavy atom. The molecule has 1 atom stereocenters. The molecule has 100 valence electrons. The molecule has 0 bridgehead atoms. The predicted molar refractivity (Wildman–Crippen MR) is 80.4 cm³/mol. The molecule has 1 aromatic heterocycles. The highest BCUT2D eigenvalue weighted by Crippen LogP contribution is 2.28. The molecule has 19 heavy (non-hydrogen) atoms. The summed E-state index contributed by atoms with van der Waals surface area (Å²) in [4.78, 5) is 4.10. The predicted octanol–water partition coefficient (Wildman–Crippen LogP) is 3.36. The number of hydrogen-bond acceptors (Lipinski definition) is 3. The van der Waals surface area contributed by atoms with E-state index >= 15 is 0 Å². The van der Waals surface area contributed by atoms with E-state index in [1.807, 2.05) is 19.2 Å². The third-order valence-electron chi connectivity index (χ3n) is 3.14. The molecule has 0 aliphatic carbocycles. The summed E-state index contributed by atoms with van der Waals surface area (Å²) in [7, 11) is 3.63. The van der Waals surface area contributed by atoms with Crippen molar-refractivity contribution in [2.75, 3.05) is 14.2 Å². The van der Waals surface area contributed by atoms with Crippen LogP contribution in [-0.2, 0) is 6.42 Å². The van der Waals surface area contributed by atoms with Crippen LogP contribution in [0.15, 0.2) is 47.2 Å². The molecule has 0 aliphatic heterocycles. The van der Waals surface area contributed by atoms with E-state index in [2.05, 4.69) is 44.4 Å². The number of pyridine rings is 1. The van der Waals surface area contributed by atoms with E-state index in [0.717, 1.165) is 22.2 Å². The molecule has 2 rings (SSSR count). The van der Waals surface area contributed by atoms with Gasteiger partial charge in [-0.2, -0.15) is 0 Å². The van der Waals surface area contributed by atoms with Gasteiger partial charge in [0.25, 0.3) is 0 Å². The van der Waals surface area contributed by atoms with Crippen LogP contribution in [0, 0.1) is 0 Å². The first-order chi connectivity index (χ1) is 9.26. The van der Waals surface area contributed by atoms with Crippen molar-refractivity contribution < 1.29 is 4.74 Å². The molecule has 1 unspecified atom stereocenters. The number of nitrogens with one attached hydrogen (secondary N) is 1. The Labute approximate surface area is 122 Å². The van der Waals surface area contributed by atoms with E-state index < -0.39 is 0 Å². The van der Waals surface area contributed by atoms with Crippen LogP contribution in [0.4, 0.5) is 0 Å². The molecule has 0 radical (unpaired) electrons. The Balaban J connectivity index is 2.28. The number of nitrogens with zero attached hydrogens (tertiary/aromatic N) is 1. The van der Waals surface area contributed by atoms with Crippen molar-refractivity contribution >= 4 is 15.9 Å². The maximum absolute atomic E-state index is 5.38. The number of rotatable bonds is 5. The number of hydrogen-bond donors (Lipinski definition) is 1. The monoisotopic (exact) mass is 320 g/mol. The van der Waals surface area contributed by atoms with Gasteiger partial charge in [-0.05, 0) is 31.2 Å². The average Bonchev–Trinajstić information content (AvgIpc) is 2.46. The second kappa shape index (κ2) is 6.68. The Morgan fingerprint density at radius 1 is 1.32 bits per heavy atom. The van der Waals surface area contributed by atoms with Crippen LogP contribution in [0.25, 0.3) is 0 Å². The van der Waals surface area contributed by atoms with Gasteiger partial charge < -0.3 is 10.1 Å². The fraction of sp³-hybridized carbons (Fsp3) is 0.267. The summed E-state index contributed by atoms with van der Waals surface area (Å²) in [5, 5.41) is 3.34. The summed E-state index contributed by atoms with van der Waals surface area (Å²) in [6.07, 6.45) is 4.43. The third kappa shape index (κ3) is 3.33. The maximum atomic E-state index is 5.38. The molecule has 2 aromatic rings. The second-order valence-corrected chi connectivity index (χ2v) is 5.11. The molecule has 1 heterocycles. The number of benzene rings is 1. The van der Waals surface area contributed by atoms with Gasteiger partial charge in [0.05, 0.1) is 13.3 Å². The Kier molecular flexibility index (Phi) is 4.93. The fourth-order valence-electron chi connectivity index (χ4n) is 2.10. The Hall–Kier alpha value is -1.39. The lowest BCUT2D eigenvalue weighted by atomic mass is 9.99. The summed E-state index contributed by atoms with van der Waals surface area (Å²) in [6.45, 7) is 0. The number of ether oxygens (including phenoxy) is 1. The highest BCUT2D eigenvalue weighted by atomic mass is 79.9. The Bertz CT molecular complexity index is 545. The minimum atomic E-state index is 0.191. The summed E-state index contributed by atoms with van der Waals surface area (Å²) in [5.74, 6) is 0.814. The number of aromatic nitrogens is 1. The van der Waals surface area contributed by atoms with E-state index in [4.69, 9.17) is 4.74 Å². The summed E-state index contributed by atoms with van der Waals surface area (Å²) >= 11 is 3.59. The molecule has 0 saturated carbocycles. The van der Waals surface area contributed by atoms with Gasteiger partial charge in [-0.15, -0.1) is 0 Å². The second-order valence-electron chi connectivity index (χ2n) is 4.25. The molecule has 0 saturated heterocycles. The smallest absolute Gasteiger partial charge is 0.141 e. The van der Waals surface area contributed by atoms with Gasteiger partial charge in [0.2, 0.25) is 0 Å². The summed E-state index contributed by atoms with van der Waals surface area (Å²) in [5.41, 5.74) is 2.39. The highest BCUT2D eigenvalue weighted by Gasteiger charge is 2.15.